The molecule has 3 aromatic rings. The fourth-order valence-electron chi connectivity index (χ4n) is 3.07. The predicted molar refractivity (Wildman–Crippen MR) is 109 cm³/mol. The first-order valence-electron chi connectivity index (χ1n) is 9.04. The van der Waals surface area contributed by atoms with Crippen LogP contribution in [0.15, 0.2) is 45.6 Å². The molecule has 0 aliphatic heterocycles. The maximum atomic E-state index is 12.4. The summed E-state index contributed by atoms with van der Waals surface area (Å²) in [7, 11) is 6.03. The molecule has 8 nitrogen and oxygen atoms in total. The quantitative estimate of drug-likeness (QED) is 0.410. The Morgan fingerprint density at radius 3 is 2.20 bits per heavy atom. The van der Waals surface area contributed by atoms with Crippen LogP contribution < -0.4 is 24.6 Å². The van der Waals surface area contributed by atoms with Crippen molar-refractivity contribution in [1.82, 2.24) is 0 Å². The monoisotopic (exact) mass is 414 g/mol. The van der Waals surface area contributed by atoms with Gasteiger partial charge in [-0.15, -0.1) is 0 Å². The second-order valence-corrected chi connectivity index (χ2v) is 6.32. The normalized spacial score (nSPS) is 10.5. The van der Waals surface area contributed by atoms with Gasteiger partial charge in [-0.25, -0.2) is 4.79 Å². The predicted octanol–water partition coefficient (Wildman–Crippen LogP) is 3.11. The molecule has 0 aliphatic rings. The number of rotatable bonds is 8. The highest BCUT2D eigenvalue weighted by atomic mass is 16.5. The SMILES string of the molecule is COc1ccc2c(COC(=O)Cc3cc(OC)c(OC)c(OC)c3)cc(=O)oc2c1. The van der Waals surface area contributed by atoms with Crippen LogP contribution in [0.4, 0.5) is 0 Å². The Labute approximate surface area is 172 Å². The molecule has 0 saturated carbocycles. The maximum absolute atomic E-state index is 12.4. The lowest BCUT2D eigenvalue weighted by Crippen LogP contribution is -2.10. The van der Waals surface area contributed by atoms with Crippen molar-refractivity contribution in [3.63, 3.8) is 0 Å². The first-order valence-corrected chi connectivity index (χ1v) is 9.04. The molecule has 0 fully saturated rings. The van der Waals surface area contributed by atoms with Crippen LogP contribution in [-0.4, -0.2) is 34.4 Å². The van der Waals surface area contributed by atoms with Gasteiger partial charge in [-0.2, -0.15) is 0 Å². The molecular weight excluding hydrogens is 392 g/mol. The van der Waals surface area contributed by atoms with Crippen LogP contribution in [0.2, 0.25) is 0 Å². The number of methoxy groups -OCH3 is 4. The third-order valence-corrected chi connectivity index (χ3v) is 4.50. The molecular formula is C22H22O8. The summed E-state index contributed by atoms with van der Waals surface area (Å²) in [5.41, 5.74) is 1.00. The molecule has 0 N–H and O–H groups in total. The van der Waals surface area contributed by atoms with Crippen molar-refractivity contribution < 1.29 is 32.9 Å². The Balaban J connectivity index is 1.77. The number of hydrogen-bond donors (Lipinski definition) is 0. The van der Waals surface area contributed by atoms with Gasteiger partial charge in [-0.3, -0.25) is 4.79 Å². The third kappa shape index (κ3) is 4.48. The second kappa shape index (κ2) is 9.21. The van der Waals surface area contributed by atoms with Gasteiger partial charge in [0.2, 0.25) is 5.75 Å². The van der Waals surface area contributed by atoms with Crippen LogP contribution in [0.1, 0.15) is 11.1 Å². The van der Waals surface area contributed by atoms with E-state index in [1.54, 1.807) is 30.3 Å². The van der Waals surface area contributed by atoms with Crippen molar-refractivity contribution >= 4 is 16.9 Å². The minimum atomic E-state index is -0.536. The molecule has 0 atom stereocenters. The summed E-state index contributed by atoms with van der Waals surface area (Å²) in [6.45, 7) is -0.0717. The van der Waals surface area contributed by atoms with Crippen molar-refractivity contribution in [3.8, 4) is 23.0 Å². The first-order chi connectivity index (χ1) is 14.5. The summed E-state index contributed by atoms with van der Waals surface area (Å²) in [5.74, 6) is 1.41. The molecule has 0 aliphatic carbocycles. The summed E-state index contributed by atoms with van der Waals surface area (Å²) in [6, 6.07) is 9.77. The number of fused-ring (bicyclic) bond motifs is 1. The van der Waals surface area contributed by atoms with Crippen molar-refractivity contribution in [1.29, 1.82) is 0 Å². The van der Waals surface area contributed by atoms with E-state index in [-0.39, 0.29) is 13.0 Å². The molecule has 1 aromatic heterocycles. The molecule has 0 spiro atoms. The molecule has 0 bridgehead atoms. The lowest BCUT2D eigenvalue weighted by Gasteiger charge is -2.14. The van der Waals surface area contributed by atoms with E-state index in [0.29, 0.717) is 45.1 Å². The molecule has 0 amide bonds. The van der Waals surface area contributed by atoms with E-state index >= 15 is 0 Å². The van der Waals surface area contributed by atoms with Gasteiger partial charge >= 0.3 is 11.6 Å². The molecule has 30 heavy (non-hydrogen) atoms. The molecule has 0 saturated heterocycles. The van der Waals surface area contributed by atoms with Gasteiger partial charge in [-0.1, -0.05) is 0 Å². The standard InChI is InChI=1S/C22H22O8/c1-25-15-5-6-16-14(10-21(24)30-17(16)11-15)12-29-20(23)9-13-7-18(26-2)22(28-4)19(8-13)27-3/h5-8,10-11H,9,12H2,1-4H3. The van der Waals surface area contributed by atoms with Crippen LogP contribution in [0.5, 0.6) is 23.0 Å². The number of benzene rings is 2. The van der Waals surface area contributed by atoms with Crippen molar-refractivity contribution in [2.24, 2.45) is 0 Å². The molecule has 2 aromatic carbocycles. The Kier molecular flexibility index (Phi) is 6.46. The molecule has 0 unspecified atom stereocenters. The van der Waals surface area contributed by atoms with Crippen LogP contribution in [0, 0.1) is 0 Å². The van der Waals surface area contributed by atoms with E-state index in [1.807, 2.05) is 0 Å². The van der Waals surface area contributed by atoms with Crippen LogP contribution in [0.25, 0.3) is 11.0 Å². The Morgan fingerprint density at radius 1 is 0.900 bits per heavy atom. The Bertz CT molecular complexity index is 1090. The zero-order chi connectivity index (χ0) is 21.7. The summed E-state index contributed by atoms with van der Waals surface area (Å²) < 4.78 is 31.6. The fourth-order valence-corrected chi connectivity index (χ4v) is 3.07. The summed E-state index contributed by atoms with van der Waals surface area (Å²) in [5, 5.41) is 0.663. The summed E-state index contributed by atoms with van der Waals surface area (Å²) >= 11 is 0. The molecule has 3 rings (SSSR count). The van der Waals surface area contributed by atoms with E-state index in [4.69, 9.17) is 28.1 Å². The Hall–Kier alpha value is -3.68. The second-order valence-electron chi connectivity index (χ2n) is 6.32. The lowest BCUT2D eigenvalue weighted by atomic mass is 10.1. The molecule has 1 heterocycles. The van der Waals surface area contributed by atoms with Gasteiger partial charge in [0.1, 0.15) is 17.9 Å². The number of ether oxygens (including phenoxy) is 5. The highest BCUT2D eigenvalue weighted by Crippen LogP contribution is 2.38. The van der Waals surface area contributed by atoms with E-state index in [2.05, 4.69) is 0 Å². The first kappa shape index (κ1) is 21.0. The zero-order valence-corrected chi connectivity index (χ0v) is 17.1. The molecule has 158 valence electrons. The van der Waals surface area contributed by atoms with Crippen LogP contribution >= 0.6 is 0 Å². The van der Waals surface area contributed by atoms with Gasteiger partial charge in [0, 0.05) is 23.1 Å². The van der Waals surface area contributed by atoms with Crippen LogP contribution in [-0.2, 0) is 22.6 Å². The number of carbonyl (C=O) groups is 1. The highest BCUT2D eigenvalue weighted by molar-refractivity contribution is 5.82. The van der Waals surface area contributed by atoms with Gasteiger partial charge in [0.15, 0.2) is 11.5 Å². The van der Waals surface area contributed by atoms with Gasteiger partial charge < -0.3 is 28.1 Å². The topological polar surface area (TPSA) is 93.4 Å². The van der Waals surface area contributed by atoms with E-state index < -0.39 is 11.6 Å². The minimum Gasteiger partial charge on any atom is -0.497 e. The van der Waals surface area contributed by atoms with Crippen molar-refractivity contribution in [2.45, 2.75) is 13.0 Å². The number of carbonyl (C=O) groups excluding carboxylic acids is 1. The van der Waals surface area contributed by atoms with Gasteiger partial charge in [0.25, 0.3) is 0 Å². The van der Waals surface area contributed by atoms with Crippen LogP contribution in [0.3, 0.4) is 0 Å². The maximum Gasteiger partial charge on any atom is 0.336 e. The molecule has 0 radical (unpaired) electrons. The molecule has 8 heteroatoms. The number of esters is 1. The zero-order valence-electron chi connectivity index (χ0n) is 17.1. The fraction of sp³-hybridized carbons (Fsp3) is 0.273. The average molecular weight is 414 g/mol. The van der Waals surface area contributed by atoms with E-state index in [9.17, 15) is 9.59 Å². The largest absolute Gasteiger partial charge is 0.497 e. The summed E-state index contributed by atoms with van der Waals surface area (Å²) in [6.07, 6.45) is -0.0100. The van der Waals surface area contributed by atoms with E-state index in [0.717, 1.165) is 0 Å². The van der Waals surface area contributed by atoms with E-state index in [1.165, 1.54) is 34.5 Å². The van der Waals surface area contributed by atoms with Crippen molar-refractivity contribution in [2.75, 3.05) is 28.4 Å². The van der Waals surface area contributed by atoms with Crippen molar-refractivity contribution in [3.05, 3.63) is 57.9 Å². The minimum absolute atomic E-state index is 0.0100. The van der Waals surface area contributed by atoms with Gasteiger partial charge in [-0.05, 0) is 29.8 Å². The third-order valence-electron chi connectivity index (χ3n) is 4.50. The smallest absolute Gasteiger partial charge is 0.336 e. The average Bonchev–Trinajstić information content (AvgIpc) is 2.75. The summed E-state index contributed by atoms with van der Waals surface area (Å²) in [4.78, 5) is 24.3. The highest BCUT2D eigenvalue weighted by Gasteiger charge is 2.16. The lowest BCUT2D eigenvalue weighted by molar-refractivity contribution is -0.144. The number of hydrogen-bond acceptors (Lipinski definition) is 8. The Morgan fingerprint density at radius 2 is 1.60 bits per heavy atom. The van der Waals surface area contributed by atoms with Gasteiger partial charge in [0.05, 0.1) is 34.9 Å².